The average Bonchev–Trinajstić information content (AvgIpc) is 3.34. The lowest BCUT2D eigenvalue weighted by Crippen LogP contribution is -2.34. The van der Waals surface area contributed by atoms with Crippen molar-refractivity contribution in [2.75, 3.05) is 5.32 Å². The summed E-state index contributed by atoms with van der Waals surface area (Å²) in [6.07, 6.45) is 7.01. The van der Waals surface area contributed by atoms with Gasteiger partial charge in [-0.15, -0.1) is 12.4 Å². The van der Waals surface area contributed by atoms with Gasteiger partial charge in [-0.3, -0.25) is 9.78 Å². The second-order valence-electron chi connectivity index (χ2n) is 6.97. The van der Waals surface area contributed by atoms with E-state index in [2.05, 4.69) is 20.4 Å². The van der Waals surface area contributed by atoms with Crippen molar-refractivity contribution in [1.82, 2.24) is 15.1 Å². The number of nitrogens with one attached hydrogen (secondary N) is 1. The summed E-state index contributed by atoms with van der Waals surface area (Å²) in [6.45, 7) is 1.92. The summed E-state index contributed by atoms with van der Waals surface area (Å²) >= 11 is 0. The van der Waals surface area contributed by atoms with Gasteiger partial charge in [0.25, 0.3) is 11.8 Å². The van der Waals surface area contributed by atoms with Gasteiger partial charge >= 0.3 is 0 Å². The van der Waals surface area contributed by atoms with Crippen molar-refractivity contribution in [2.24, 2.45) is 5.73 Å². The molecule has 0 spiro atoms. The summed E-state index contributed by atoms with van der Waals surface area (Å²) in [5.41, 5.74) is 8.66. The van der Waals surface area contributed by atoms with Crippen LogP contribution in [0.5, 0.6) is 0 Å². The summed E-state index contributed by atoms with van der Waals surface area (Å²) < 4.78 is 5.51. The maximum atomic E-state index is 12.6. The molecule has 0 atom stereocenters. The van der Waals surface area contributed by atoms with Crippen molar-refractivity contribution in [1.29, 1.82) is 0 Å². The number of anilines is 1. The first-order valence-corrected chi connectivity index (χ1v) is 9.01. The molecule has 1 fully saturated rings. The largest absolute Gasteiger partial charge is 0.334 e. The Morgan fingerprint density at radius 1 is 1.18 bits per heavy atom. The summed E-state index contributed by atoms with van der Waals surface area (Å²) in [5.74, 6) is 0.664. The first kappa shape index (κ1) is 20.0. The van der Waals surface area contributed by atoms with Gasteiger partial charge in [0.05, 0.1) is 16.8 Å². The molecular formula is C20H22ClN5O2. The van der Waals surface area contributed by atoms with Crippen LogP contribution in [-0.4, -0.2) is 21.0 Å². The SMILES string of the molecule is Cc1cccc(-c2nc(C3(N)CCCC3)no2)c1NC(=O)c1ccncc1.Cl. The molecule has 4 rings (SSSR count). The molecular weight excluding hydrogens is 378 g/mol. The molecule has 146 valence electrons. The number of para-hydroxylation sites is 1. The molecule has 1 aliphatic carbocycles. The van der Waals surface area contributed by atoms with Crippen molar-refractivity contribution in [3.8, 4) is 11.5 Å². The highest BCUT2D eigenvalue weighted by atomic mass is 35.5. The first-order valence-electron chi connectivity index (χ1n) is 9.01. The van der Waals surface area contributed by atoms with Crippen molar-refractivity contribution < 1.29 is 9.32 Å². The minimum Gasteiger partial charge on any atom is -0.334 e. The van der Waals surface area contributed by atoms with E-state index < -0.39 is 5.54 Å². The normalized spacial score (nSPS) is 15.1. The number of halogens is 1. The van der Waals surface area contributed by atoms with Gasteiger partial charge in [0.2, 0.25) is 0 Å². The van der Waals surface area contributed by atoms with Crippen LogP contribution in [0.2, 0.25) is 0 Å². The smallest absolute Gasteiger partial charge is 0.260 e. The third-order valence-electron chi connectivity index (χ3n) is 5.05. The van der Waals surface area contributed by atoms with Crippen LogP contribution >= 0.6 is 12.4 Å². The van der Waals surface area contributed by atoms with E-state index in [-0.39, 0.29) is 18.3 Å². The zero-order chi connectivity index (χ0) is 18.9. The number of aromatic nitrogens is 3. The van der Waals surface area contributed by atoms with Gasteiger partial charge in [0.1, 0.15) is 0 Å². The highest BCUT2D eigenvalue weighted by Gasteiger charge is 2.36. The number of carbonyl (C=O) groups is 1. The molecule has 8 heteroatoms. The van der Waals surface area contributed by atoms with Crippen LogP contribution < -0.4 is 11.1 Å². The Morgan fingerprint density at radius 3 is 2.61 bits per heavy atom. The highest BCUT2D eigenvalue weighted by molar-refractivity contribution is 6.06. The van der Waals surface area contributed by atoms with Crippen LogP contribution in [-0.2, 0) is 5.54 Å². The van der Waals surface area contributed by atoms with Gasteiger partial charge in [-0.05, 0) is 43.5 Å². The molecule has 0 aliphatic heterocycles. The van der Waals surface area contributed by atoms with Crippen LogP contribution in [0.1, 0.15) is 47.4 Å². The van der Waals surface area contributed by atoms with Gasteiger partial charge in [0.15, 0.2) is 5.82 Å². The first-order chi connectivity index (χ1) is 13.1. The fourth-order valence-corrected chi connectivity index (χ4v) is 3.47. The lowest BCUT2D eigenvalue weighted by molar-refractivity contribution is 0.102. The Hall–Kier alpha value is -2.77. The summed E-state index contributed by atoms with van der Waals surface area (Å²) in [7, 11) is 0. The third-order valence-corrected chi connectivity index (χ3v) is 5.05. The molecule has 0 radical (unpaired) electrons. The second-order valence-corrected chi connectivity index (χ2v) is 6.97. The molecule has 7 nitrogen and oxygen atoms in total. The predicted molar refractivity (Wildman–Crippen MR) is 108 cm³/mol. The Labute approximate surface area is 169 Å². The predicted octanol–water partition coefficient (Wildman–Crippen LogP) is 3.84. The van der Waals surface area contributed by atoms with E-state index in [0.29, 0.717) is 28.5 Å². The Morgan fingerprint density at radius 2 is 1.89 bits per heavy atom. The number of benzene rings is 1. The van der Waals surface area contributed by atoms with Gasteiger partial charge in [-0.1, -0.05) is 30.1 Å². The second kappa shape index (κ2) is 8.08. The zero-order valence-electron chi connectivity index (χ0n) is 15.5. The lowest BCUT2D eigenvalue weighted by atomic mass is 9.98. The highest BCUT2D eigenvalue weighted by Crippen LogP contribution is 2.37. The van der Waals surface area contributed by atoms with Crippen LogP contribution in [0.4, 0.5) is 5.69 Å². The topological polar surface area (TPSA) is 107 Å². The zero-order valence-corrected chi connectivity index (χ0v) is 16.3. The minimum absolute atomic E-state index is 0. The van der Waals surface area contributed by atoms with Crippen molar-refractivity contribution in [3.05, 3.63) is 59.7 Å². The molecule has 3 N–H and O–H groups in total. The monoisotopic (exact) mass is 399 g/mol. The fraction of sp³-hybridized carbons (Fsp3) is 0.300. The van der Waals surface area contributed by atoms with Gasteiger partial charge in [-0.25, -0.2) is 0 Å². The van der Waals surface area contributed by atoms with E-state index in [1.165, 1.54) is 0 Å². The van der Waals surface area contributed by atoms with Crippen LogP contribution in [0.15, 0.2) is 47.2 Å². The molecule has 0 unspecified atom stereocenters. The number of rotatable bonds is 4. The number of nitrogens with zero attached hydrogens (tertiary/aromatic N) is 3. The van der Waals surface area contributed by atoms with Crippen LogP contribution in [0.3, 0.4) is 0 Å². The van der Waals surface area contributed by atoms with E-state index in [0.717, 1.165) is 31.2 Å². The van der Waals surface area contributed by atoms with Gasteiger partial charge in [-0.2, -0.15) is 4.98 Å². The van der Waals surface area contributed by atoms with Gasteiger partial charge in [0, 0.05) is 18.0 Å². The third kappa shape index (κ3) is 3.76. The van der Waals surface area contributed by atoms with Gasteiger partial charge < -0.3 is 15.6 Å². The lowest BCUT2D eigenvalue weighted by Gasteiger charge is -2.17. The summed E-state index contributed by atoms with van der Waals surface area (Å²) in [6, 6.07) is 8.99. The van der Waals surface area contributed by atoms with Crippen LogP contribution in [0.25, 0.3) is 11.5 Å². The molecule has 0 bridgehead atoms. The number of pyridine rings is 1. The molecule has 3 aromatic rings. The average molecular weight is 400 g/mol. The molecule has 0 saturated heterocycles. The summed E-state index contributed by atoms with van der Waals surface area (Å²) in [5, 5.41) is 7.08. The Bertz CT molecular complexity index is 968. The Kier molecular flexibility index (Phi) is 5.76. The summed E-state index contributed by atoms with van der Waals surface area (Å²) in [4.78, 5) is 21.1. The molecule has 1 saturated carbocycles. The number of hydrogen-bond acceptors (Lipinski definition) is 6. The number of carbonyl (C=O) groups excluding carboxylic acids is 1. The van der Waals surface area contributed by atoms with E-state index >= 15 is 0 Å². The van der Waals surface area contributed by atoms with Crippen LogP contribution in [0, 0.1) is 6.92 Å². The maximum Gasteiger partial charge on any atom is 0.260 e. The van der Waals surface area contributed by atoms with Crippen molar-refractivity contribution in [2.45, 2.75) is 38.1 Å². The van der Waals surface area contributed by atoms with E-state index in [9.17, 15) is 4.79 Å². The van der Waals surface area contributed by atoms with E-state index in [1.54, 1.807) is 24.5 Å². The quantitative estimate of drug-likeness (QED) is 0.690. The van der Waals surface area contributed by atoms with Crippen molar-refractivity contribution in [3.63, 3.8) is 0 Å². The molecule has 2 aromatic heterocycles. The number of hydrogen-bond donors (Lipinski definition) is 2. The minimum atomic E-state index is -0.522. The van der Waals surface area contributed by atoms with E-state index in [1.807, 2.05) is 25.1 Å². The Balaban J connectivity index is 0.00000225. The molecule has 1 aliphatic rings. The number of amides is 1. The number of aryl methyl sites for hydroxylation is 1. The number of nitrogens with two attached hydrogens (primary N) is 1. The molecule has 1 aromatic carbocycles. The molecule has 2 heterocycles. The van der Waals surface area contributed by atoms with E-state index in [4.69, 9.17) is 10.3 Å². The maximum absolute atomic E-state index is 12.6. The molecule has 1 amide bonds. The van der Waals surface area contributed by atoms with Crippen molar-refractivity contribution >= 4 is 24.0 Å². The standard InChI is InChI=1S/C20H21N5O2.ClH/c1-13-5-4-6-15(16(13)23-17(26)14-7-11-22-12-8-14)18-24-19(25-27-18)20(21)9-2-3-10-20;/h4-8,11-12H,2-3,9-10,21H2,1H3,(H,23,26);1H. The fourth-order valence-electron chi connectivity index (χ4n) is 3.47. The molecule has 28 heavy (non-hydrogen) atoms.